The van der Waals surface area contributed by atoms with Crippen LogP contribution in [-0.2, 0) is 20.7 Å². The van der Waals surface area contributed by atoms with Crippen LogP contribution < -0.4 is 0 Å². The number of thioether (sulfide) groups is 1. The first-order valence-electron chi connectivity index (χ1n) is 7.70. The first kappa shape index (κ1) is 18.5. The standard InChI is InChI=1S/C17H19NO4S2/c1-4-10-7-8-11(23-10)9-12-15(20)14(17(21)22-6-3)16(24-12)18-13(19)5-2/h7-9,20H,4-6H2,1-3H3/b12-9-,18-16?. The average Bonchev–Trinajstić information content (AvgIpc) is 3.13. The quantitative estimate of drug-likeness (QED) is 0.795. The third-order valence-electron chi connectivity index (χ3n) is 3.20. The molecule has 1 amide bonds. The number of rotatable bonds is 5. The minimum atomic E-state index is -0.672. The van der Waals surface area contributed by atoms with Crippen LogP contribution in [0.3, 0.4) is 0 Å². The Balaban J connectivity index is 2.42. The van der Waals surface area contributed by atoms with Crippen LogP contribution in [0, 0.1) is 0 Å². The molecule has 0 radical (unpaired) electrons. The number of nitrogens with zero attached hydrogens (tertiary/aromatic N) is 1. The summed E-state index contributed by atoms with van der Waals surface area (Å²) in [5, 5.41) is 10.6. The number of aliphatic hydroxyl groups excluding tert-OH is 1. The zero-order chi connectivity index (χ0) is 17.7. The lowest BCUT2D eigenvalue weighted by Crippen LogP contribution is -2.14. The van der Waals surface area contributed by atoms with Crippen molar-refractivity contribution in [2.75, 3.05) is 6.61 Å². The van der Waals surface area contributed by atoms with Crippen molar-refractivity contribution in [3.05, 3.63) is 38.1 Å². The topological polar surface area (TPSA) is 76.0 Å². The first-order chi connectivity index (χ1) is 11.5. The van der Waals surface area contributed by atoms with Gasteiger partial charge in [-0.3, -0.25) is 4.79 Å². The van der Waals surface area contributed by atoms with Crippen LogP contribution in [0.5, 0.6) is 0 Å². The van der Waals surface area contributed by atoms with Crippen LogP contribution in [0.1, 0.15) is 36.9 Å². The fourth-order valence-corrected chi connectivity index (χ4v) is 3.97. The largest absolute Gasteiger partial charge is 0.506 e. The van der Waals surface area contributed by atoms with Gasteiger partial charge in [0.05, 0.1) is 11.5 Å². The summed E-state index contributed by atoms with van der Waals surface area (Å²) in [5.74, 6) is -1.21. The van der Waals surface area contributed by atoms with E-state index in [1.165, 1.54) is 4.88 Å². The second-order valence-electron chi connectivity index (χ2n) is 4.88. The van der Waals surface area contributed by atoms with Gasteiger partial charge >= 0.3 is 5.97 Å². The van der Waals surface area contributed by atoms with Crippen LogP contribution in [0.25, 0.3) is 6.08 Å². The summed E-state index contributed by atoms with van der Waals surface area (Å²) in [6.07, 6.45) is 2.96. The van der Waals surface area contributed by atoms with Crippen LogP contribution in [-0.4, -0.2) is 28.6 Å². The van der Waals surface area contributed by atoms with Crippen molar-refractivity contribution in [3.63, 3.8) is 0 Å². The molecule has 0 saturated carbocycles. The molecule has 1 aliphatic heterocycles. The third kappa shape index (κ3) is 4.15. The molecule has 0 aromatic carbocycles. The van der Waals surface area contributed by atoms with Gasteiger partial charge in [-0.05, 0) is 31.6 Å². The maximum atomic E-state index is 12.1. The smallest absolute Gasteiger partial charge is 0.344 e. The van der Waals surface area contributed by atoms with Crippen molar-refractivity contribution in [3.8, 4) is 0 Å². The van der Waals surface area contributed by atoms with E-state index in [1.807, 2.05) is 12.1 Å². The number of hydrogen-bond acceptors (Lipinski definition) is 6. The van der Waals surface area contributed by atoms with Gasteiger partial charge < -0.3 is 9.84 Å². The molecule has 0 aliphatic carbocycles. The Hall–Kier alpha value is -1.86. The molecule has 0 bridgehead atoms. The normalized spacial score (nSPS) is 17.8. The number of ether oxygens (including phenoxy) is 1. The fraction of sp³-hybridized carbons (Fsp3) is 0.353. The molecule has 0 spiro atoms. The molecular formula is C17H19NO4S2. The zero-order valence-electron chi connectivity index (χ0n) is 13.8. The molecule has 7 heteroatoms. The Bertz CT molecular complexity index is 744. The van der Waals surface area contributed by atoms with E-state index in [-0.39, 0.29) is 35.3 Å². The number of aryl methyl sites for hydroxylation is 1. The summed E-state index contributed by atoms with van der Waals surface area (Å²) < 4.78 is 4.97. The first-order valence-corrected chi connectivity index (χ1v) is 9.34. The highest BCUT2D eigenvalue weighted by Gasteiger charge is 2.33. The number of carbonyl (C=O) groups is 2. The van der Waals surface area contributed by atoms with Crippen LogP contribution >= 0.6 is 23.1 Å². The van der Waals surface area contributed by atoms with Crippen LogP contribution in [0.2, 0.25) is 0 Å². The predicted octanol–water partition coefficient (Wildman–Crippen LogP) is 4.11. The Morgan fingerprint density at radius 1 is 1.29 bits per heavy atom. The Morgan fingerprint density at radius 2 is 2.04 bits per heavy atom. The van der Waals surface area contributed by atoms with Crippen molar-refractivity contribution in [2.45, 2.75) is 33.6 Å². The summed E-state index contributed by atoms with van der Waals surface area (Å²) in [7, 11) is 0. The van der Waals surface area contributed by atoms with E-state index in [9.17, 15) is 14.7 Å². The molecule has 5 nitrogen and oxygen atoms in total. The molecule has 1 aliphatic rings. The molecule has 24 heavy (non-hydrogen) atoms. The molecule has 0 atom stereocenters. The monoisotopic (exact) mass is 365 g/mol. The average molecular weight is 365 g/mol. The van der Waals surface area contributed by atoms with E-state index in [1.54, 1.807) is 31.3 Å². The number of thiophene rings is 1. The van der Waals surface area contributed by atoms with Crippen LogP contribution in [0.4, 0.5) is 0 Å². The van der Waals surface area contributed by atoms with E-state index >= 15 is 0 Å². The summed E-state index contributed by atoms with van der Waals surface area (Å²) in [6.45, 7) is 5.62. The Kier molecular flexibility index (Phi) is 6.39. The predicted molar refractivity (Wildman–Crippen MR) is 98.3 cm³/mol. The van der Waals surface area contributed by atoms with Gasteiger partial charge in [0, 0.05) is 16.2 Å². The molecule has 0 fully saturated rings. The SMILES string of the molecule is CCOC(=O)C1=C(O)/C(=C/c2ccc(CC)s2)SC1=NC(=O)CC. The van der Waals surface area contributed by atoms with Gasteiger partial charge in [0.25, 0.3) is 0 Å². The molecule has 128 valence electrons. The molecule has 0 saturated heterocycles. The number of hydrogen-bond donors (Lipinski definition) is 1. The fourth-order valence-electron chi connectivity index (χ4n) is 1.98. The van der Waals surface area contributed by atoms with Crippen molar-refractivity contribution in [1.29, 1.82) is 0 Å². The molecular weight excluding hydrogens is 346 g/mol. The molecule has 0 unspecified atom stereocenters. The van der Waals surface area contributed by atoms with E-state index in [0.29, 0.717) is 4.91 Å². The second-order valence-corrected chi connectivity index (χ2v) is 7.11. The van der Waals surface area contributed by atoms with Gasteiger partial charge in [0.1, 0.15) is 16.4 Å². The van der Waals surface area contributed by atoms with E-state index < -0.39 is 5.97 Å². The summed E-state index contributed by atoms with van der Waals surface area (Å²) in [6, 6.07) is 3.99. The molecule has 1 aromatic heterocycles. The highest BCUT2D eigenvalue weighted by Crippen LogP contribution is 2.39. The van der Waals surface area contributed by atoms with Crippen LogP contribution in [0.15, 0.2) is 33.4 Å². The van der Waals surface area contributed by atoms with Crippen molar-refractivity contribution < 1.29 is 19.4 Å². The summed E-state index contributed by atoms with van der Waals surface area (Å²) in [4.78, 5) is 30.4. The number of aliphatic imine (C=N–C) groups is 1. The zero-order valence-corrected chi connectivity index (χ0v) is 15.4. The van der Waals surface area contributed by atoms with E-state index in [4.69, 9.17) is 4.74 Å². The van der Waals surface area contributed by atoms with Gasteiger partial charge in [-0.1, -0.05) is 25.6 Å². The number of carbonyl (C=O) groups excluding carboxylic acids is 2. The van der Waals surface area contributed by atoms with Gasteiger partial charge in [-0.25, -0.2) is 9.79 Å². The van der Waals surface area contributed by atoms with Crippen molar-refractivity contribution >= 4 is 46.1 Å². The Morgan fingerprint density at radius 3 is 2.62 bits per heavy atom. The van der Waals surface area contributed by atoms with Gasteiger partial charge in [0.2, 0.25) is 5.91 Å². The minimum Gasteiger partial charge on any atom is -0.506 e. The number of aliphatic hydroxyl groups is 1. The summed E-state index contributed by atoms with van der Waals surface area (Å²) in [5.41, 5.74) is -0.0397. The van der Waals surface area contributed by atoms with Gasteiger partial charge in [0.15, 0.2) is 0 Å². The third-order valence-corrected chi connectivity index (χ3v) is 5.40. The van der Waals surface area contributed by atoms with Crippen molar-refractivity contribution in [2.24, 2.45) is 4.99 Å². The lowest BCUT2D eigenvalue weighted by atomic mass is 10.2. The lowest BCUT2D eigenvalue weighted by molar-refractivity contribution is -0.138. The van der Waals surface area contributed by atoms with E-state index in [2.05, 4.69) is 11.9 Å². The molecule has 1 aromatic rings. The second kappa shape index (κ2) is 8.30. The number of amides is 1. The number of esters is 1. The van der Waals surface area contributed by atoms with Gasteiger partial charge in [-0.2, -0.15) is 0 Å². The maximum absolute atomic E-state index is 12.1. The maximum Gasteiger partial charge on any atom is 0.344 e. The molecule has 2 rings (SSSR count). The van der Waals surface area contributed by atoms with Crippen molar-refractivity contribution in [1.82, 2.24) is 0 Å². The highest BCUT2D eigenvalue weighted by atomic mass is 32.2. The highest BCUT2D eigenvalue weighted by molar-refractivity contribution is 8.18. The minimum absolute atomic E-state index is 0.0397. The van der Waals surface area contributed by atoms with E-state index in [0.717, 1.165) is 23.1 Å². The molecule has 1 N–H and O–H groups in total. The van der Waals surface area contributed by atoms with Gasteiger partial charge in [-0.15, -0.1) is 11.3 Å². The lowest BCUT2D eigenvalue weighted by Gasteiger charge is -2.02. The molecule has 2 heterocycles. The Labute approximate surface area is 149 Å². The summed E-state index contributed by atoms with van der Waals surface area (Å²) >= 11 is 2.72.